The number of hydrogen-bond donors (Lipinski definition) is 1. The smallest absolute Gasteiger partial charge is 0.0590 e. The van der Waals surface area contributed by atoms with E-state index in [0.717, 1.165) is 31.6 Å². The van der Waals surface area contributed by atoms with Gasteiger partial charge in [0.25, 0.3) is 0 Å². The Balaban J connectivity index is 1.32. The molecule has 0 amide bonds. The molecule has 2 nitrogen and oxygen atoms in total. The number of nitrogens with one attached hydrogen (secondary N) is 1. The Morgan fingerprint density at radius 1 is 0.933 bits per heavy atom. The Hall–Kier alpha value is -0.0800. The van der Waals surface area contributed by atoms with Crippen molar-refractivity contribution < 1.29 is 4.74 Å². The molecule has 2 heteroatoms. The van der Waals surface area contributed by atoms with Crippen LogP contribution in [0.4, 0.5) is 0 Å². The highest BCUT2D eigenvalue weighted by Crippen LogP contribution is 2.32. The van der Waals surface area contributed by atoms with Crippen LogP contribution < -0.4 is 5.32 Å². The first kappa shape index (κ1) is 11.4. The average Bonchev–Trinajstić information content (AvgIpc) is 2.92. The molecule has 88 valence electrons. The maximum atomic E-state index is 5.59. The molecule has 15 heavy (non-hydrogen) atoms. The lowest BCUT2D eigenvalue weighted by Crippen LogP contribution is -2.25. The van der Waals surface area contributed by atoms with Gasteiger partial charge in [0.15, 0.2) is 0 Å². The van der Waals surface area contributed by atoms with Crippen LogP contribution in [0, 0.1) is 11.8 Å². The fourth-order valence-electron chi connectivity index (χ4n) is 2.42. The second kappa shape index (κ2) is 6.49. The summed E-state index contributed by atoms with van der Waals surface area (Å²) in [6.45, 7) is 4.14. The zero-order chi connectivity index (χ0) is 10.3. The molecule has 0 heterocycles. The van der Waals surface area contributed by atoms with E-state index in [0.29, 0.717) is 0 Å². The molecule has 0 spiro atoms. The van der Waals surface area contributed by atoms with Crippen LogP contribution in [-0.2, 0) is 4.74 Å². The summed E-state index contributed by atoms with van der Waals surface area (Å²) in [6.07, 6.45) is 9.97. The fraction of sp³-hybridized carbons (Fsp3) is 1.00. The molecule has 0 bridgehead atoms. The van der Waals surface area contributed by atoms with Gasteiger partial charge in [-0.05, 0) is 37.6 Å². The molecule has 1 N–H and O–H groups in total. The van der Waals surface area contributed by atoms with Gasteiger partial charge < -0.3 is 10.1 Å². The molecule has 0 aromatic heterocycles. The molecule has 0 radical (unpaired) electrons. The number of ether oxygens (including phenoxy) is 1. The molecule has 0 unspecified atom stereocenters. The minimum atomic E-state index is 0.902. The molecule has 2 rings (SSSR count). The van der Waals surface area contributed by atoms with Crippen LogP contribution in [-0.4, -0.2) is 26.3 Å². The van der Waals surface area contributed by atoms with Crippen molar-refractivity contribution in [3.8, 4) is 0 Å². The minimum Gasteiger partial charge on any atom is -0.380 e. The van der Waals surface area contributed by atoms with E-state index in [-0.39, 0.29) is 0 Å². The topological polar surface area (TPSA) is 21.3 Å². The molecule has 2 aliphatic rings. The highest BCUT2D eigenvalue weighted by molar-refractivity contribution is 4.72. The van der Waals surface area contributed by atoms with Crippen LogP contribution in [0.1, 0.15) is 44.9 Å². The van der Waals surface area contributed by atoms with Gasteiger partial charge in [-0.1, -0.05) is 25.7 Å². The van der Waals surface area contributed by atoms with Crippen molar-refractivity contribution >= 4 is 0 Å². The summed E-state index contributed by atoms with van der Waals surface area (Å²) in [5.41, 5.74) is 0. The van der Waals surface area contributed by atoms with Crippen LogP contribution in [0.15, 0.2) is 0 Å². The molecule has 0 aromatic rings. The van der Waals surface area contributed by atoms with E-state index >= 15 is 0 Å². The quantitative estimate of drug-likeness (QED) is 0.623. The highest BCUT2D eigenvalue weighted by atomic mass is 16.5. The SMILES string of the molecule is C1CCC(CNCCOCCC2CC2)C1. The third-order valence-corrected chi connectivity index (χ3v) is 3.70. The molecule has 0 aromatic carbocycles. The average molecular weight is 211 g/mol. The zero-order valence-electron chi connectivity index (χ0n) is 9.84. The van der Waals surface area contributed by atoms with Crippen LogP contribution >= 0.6 is 0 Å². The Labute approximate surface area is 93.8 Å². The maximum Gasteiger partial charge on any atom is 0.0590 e. The summed E-state index contributed by atoms with van der Waals surface area (Å²) in [7, 11) is 0. The molecule has 0 aliphatic heterocycles. The van der Waals surface area contributed by atoms with E-state index in [1.54, 1.807) is 0 Å². The molecule has 0 atom stereocenters. The highest BCUT2D eigenvalue weighted by Gasteiger charge is 2.20. The monoisotopic (exact) mass is 211 g/mol. The van der Waals surface area contributed by atoms with Crippen LogP contribution in [0.25, 0.3) is 0 Å². The Bertz CT molecular complexity index is 162. The molecule has 0 saturated heterocycles. The fourth-order valence-corrected chi connectivity index (χ4v) is 2.42. The summed E-state index contributed by atoms with van der Waals surface area (Å²) in [6, 6.07) is 0. The first-order valence-electron chi connectivity index (χ1n) is 6.73. The summed E-state index contributed by atoms with van der Waals surface area (Å²) in [5.74, 6) is 1.97. The molecule has 2 fully saturated rings. The molecular weight excluding hydrogens is 186 g/mol. The molecule has 2 saturated carbocycles. The summed E-state index contributed by atoms with van der Waals surface area (Å²) in [5, 5.41) is 3.51. The second-order valence-corrected chi connectivity index (χ2v) is 5.20. The number of hydrogen-bond acceptors (Lipinski definition) is 2. The predicted molar refractivity (Wildman–Crippen MR) is 63.0 cm³/mol. The normalized spacial score (nSPS) is 22.4. The van der Waals surface area contributed by atoms with Gasteiger partial charge in [-0.3, -0.25) is 0 Å². The van der Waals surface area contributed by atoms with Gasteiger partial charge in [0.1, 0.15) is 0 Å². The summed E-state index contributed by atoms with van der Waals surface area (Å²) in [4.78, 5) is 0. The zero-order valence-corrected chi connectivity index (χ0v) is 9.84. The second-order valence-electron chi connectivity index (χ2n) is 5.20. The van der Waals surface area contributed by atoms with Crippen molar-refractivity contribution in [2.45, 2.75) is 44.9 Å². The van der Waals surface area contributed by atoms with Crippen molar-refractivity contribution in [1.82, 2.24) is 5.32 Å². The van der Waals surface area contributed by atoms with E-state index in [1.807, 2.05) is 0 Å². The van der Waals surface area contributed by atoms with Gasteiger partial charge in [-0.15, -0.1) is 0 Å². The van der Waals surface area contributed by atoms with Crippen LogP contribution in [0.5, 0.6) is 0 Å². The van der Waals surface area contributed by atoms with Gasteiger partial charge in [0.2, 0.25) is 0 Å². The van der Waals surface area contributed by atoms with Crippen molar-refractivity contribution in [3.05, 3.63) is 0 Å². The van der Waals surface area contributed by atoms with Crippen molar-refractivity contribution in [2.24, 2.45) is 11.8 Å². The number of rotatable bonds is 8. The van der Waals surface area contributed by atoms with Crippen LogP contribution in [0.2, 0.25) is 0 Å². The lowest BCUT2D eigenvalue weighted by Gasteiger charge is -2.10. The molecule has 2 aliphatic carbocycles. The standard InChI is InChI=1S/C13H25NO/c1-2-4-13(3-1)11-14-8-10-15-9-7-12-5-6-12/h12-14H,1-11H2. The van der Waals surface area contributed by atoms with Gasteiger partial charge in [0, 0.05) is 13.2 Å². The summed E-state index contributed by atoms with van der Waals surface area (Å²) < 4.78 is 5.59. The summed E-state index contributed by atoms with van der Waals surface area (Å²) >= 11 is 0. The lowest BCUT2D eigenvalue weighted by molar-refractivity contribution is 0.129. The largest absolute Gasteiger partial charge is 0.380 e. The Morgan fingerprint density at radius 2 is 1.73 bits per heavy atom. The van der Waals surface area contributed by atoms with Gasteiger partial charge >= 0.3 is 0 Å². The van der Waals surface area contributed by atoms with Gasteiger partial charge in [-0.2, -0.15) is 0 Å². The van der Waals surface area contributed by atoms with E-state index in [4.69, 9.17) is 4.74 Å². The lowest BCUT2D eigenvalue weighted by atomic mass is 10.1. The van der Waals surface area contributed by atoms with Crippen molar-refractivity contribution in [2.75, 3.05) is 26.3 Å². The van der Waals surface area contributed by atoms with Crippen molar-refractivity contribution in [3.63, 3.8) is 0 Å². The Kier molecular flexibility index (Phi) is 4.94. The molecular formula is C13H25NO. The maximum absolute atomic E-state index is 5.59. The van der Waals surface area contributed by atoms with E-state index in [2.05, 4.69) is 5.32 Å². The van der Waals surface area contributed by atoms with E-state index < -0.39 is 0 Å². The third-order valence-electron chi connectivity index (χ3n) is 3.70. The Morgan fingerprint density at radius 3 is 2.47 bits per heavy atom. The van der Waals surface area contributed by atoms with Gasteiger partial charge in [-0.25, -0.2) is 0 Å². The van der Waals surface area contributed by atoms with E-state index in [1.165, 1.54) is 51.5 Å². The van der Waals surface area contributed by atoms with Crippen LogP contribution in [0.3, 0.4) is 0 Å². The third kappa shape index (κ3) is 4.98. The first-order valence-corrected chi connectivity index (χ1v) is 6.73. The van der Waals surface area contributed by atoms with Gasteiger partial charge in [0.05, 0.1) is 6.61 Å². The predicted octanol–water partition coefficient (Wildman–Crippen LogP) is 2.58. The van der Waals surface area contributed by atoms with E-state index in [9.17, 15) is 0 Å². The first-order chi connectivity index (χ1) is 7.45. The van der Waals surface area contributed by atoms with Crippen molar-refractivity contribution in [1.29, 1.82) is 0 Å². The minimum absolute atomic E-state index is 0.902.